The van der Waals surface area contributed by atoms with Gasteiger partial charge < -0.3 is 5.32 Å². The smallest absolute Gasteiger partial charge is 0.264 e. The van der Waals surface area contributed by atoms with Crippen molar-refractivity contribution in [1.29, 1.82) is 0 Å². The summed E-state index contributed by atoms with van der Waals surface area (Å²) in [7, 11) is 1.64. The van der Waals surface area contributed by atoms with Crippen LogP contribution in [0.15, 0.2) is 35.5 Å². The van der Waals surface area contributed by atoms with Gasteiger partial charge in [0.05, 0.1) is 11.9 Å². The molecule has 7 nitrogen and oxygen atoms in total. The van der Waals surface area contributed by atoms with Gasteiger partial charge in [-0.2, -0.15) is 5.10 Å². The zero-order chi connectivity index (χ0) is 16.6. The minimum atomic E-state index is -0.770. The summed E-state index contributed by atoms with van der Waals surface area (Å²) in [5.41, 5.74) is -0.348. The first-order valence-corrected chi connectivity index (χ1v) is 6.58. The van der Waals surface area contributed by atoms with Crippen LogP contribution in [-0.2, 0) is 18.4 Å². The van der Waals surface area contributed by atoms with Crippen LogP contribution in [0, 0.1) is 11.6 Å². The number of amides is 1. The Morgan fingerprint density at radius 3 is 2.91 bits per heavy atom. The monoisotopic (exact) mass is 319 g/mol. The minimum absolute atomic E-state index is 0.264. The maximum atomic E-state index is 13.5. The first-order chi connectivity index (χ1) is 11.0. The maximum absolute atomic E-state index is 13.5. The Morgan fingerprint density at radius 1 is 1.35 bits per heavy atom. The fraction of sp³-hybridized carbons (Fsp3) is 0.143. The Hall–Kier alpha value is -3.10. The zero-order valence-electron chi connectivity index (χ0n) is 12.0. The van der Waals surface area contributed by atoms with E-state index in [0.29, 0.717) is 5.65 Å². The van der Waals surface area contributed by atoms with Gasteiger partial charge in [0.15, 0.2) is 5.65 Å². The first kappa shape index (κ1) is 14.8. The van der Waals surface area contributed by atoms with Crippen LogP contribution in [0.25, 0.3) is 11.0 Å². The van der Waals surface area contributed by atoms with E-state index in [4.69, 9.17) is 0 Å². The summed E-state index contributed by atoms with van der Waals surface area (Å²) in [5.74, 6) is -2.13. The number of aromatic nitrogens is 4. The lowest BCUT2D eigenvalue weighted by Gasteiger charge is -2.08. The van der Waals surface area contributed by atoms with E-state index in [0.717, 1.165) is 22.8 Å². The highest BCUT2D eigenvalue weighted by atomic mass is 19.1. The van der Waals surface area contributed by atoms with Crippen LogP contribution < -0.4 is 10.9 Å². The van der Waals surface area contributed by atoms with Crippen molar-refractivity contribution in [2.45, 2.75) is 6.54 Å². The molecule has 0 spiro atoms. The molecule has 0 aliphatic carbocycles. The lowest BCUT2D eigenvalue weighted by atomic mass is 10.3. The molecule has 0 atom stereocenters. The lowest BCUT2D eigenvalue weighted by Crippen LogP contribution is -2.28. The van der Waals surface area contributed by atoms with Gasteiger partial charge in [-0.15, -0.1) is 0 Å². The summed E-state index contributed by atoms with van der Waals surface area (Å²) in [4.78, 5) is 28.2. The molecule has 23 heavy (non-hydrogen) atoms. The van der Waals surface area contributed by atoms with Crippen molar-refractivity contribution < 1.29 is 13.6 Å². The molecule has 3 rings (SSSR count). The molecule has 1 amide bonds. The summed E-state index contributed by atoms with van der Waals surface area (Å²) >= 11 is 0. The van der Waals surface area contributed by atoms with E-state index in [1.807, 2.05) is 0 Å². The third kappa shape index (κ3) is 2.80. The molecule has 0 unspecified atom stereocenters. The number of nitrogens with zero attached hydrogens (tertiary/aromatic N) is 4. The Kier molecular flexibility index (Phi) is 3.61. The van der Waals surface area contributed by atoms with Crippen molar-refractivity contribution in [2.24, 2.45) is 7.05 Å². The van der Waals surface area contributed by atoms with Crippen molar-refractivity contribution >= 4 is 22.6 Å². The number of carbonyl (C=O) groups is 1. The predicted molar refractivity (Wildman–Crippen MR) is 77.8 cm³/mol. The maximum Gasteiger partial charge on any atom is 0.264 e. The van der Waals surface area contributed by atoms with E-state index in [9.17, 15) is 18.4 Å². The van der Waals surface area contributed by atoms with Crippen molar-refractivity contribution in [3.8, 4) is 0 Å². The fourth-order valence-corrected chi connectivity index (χ4v) is 2.12. The second-order valence-corrected chi connectivity index (χ2v) is 4.86. The van der Waals surface area contributed by atoms with Gasteiger partial charge in [-0.1, -0.05) is 0 Å². The van der Waals surface area contributed by atoms with Gasteiger partial charge in [-0.05, 0) is 12.1 Å². The highest BCUT2D eigenvalue weighted by Gasteiger charge is 2.12. The Balaban J connectivity index is 1.84. The largest absolute Gasteiger partial charge is 0.322 e. The van der Waals surface area contributed by atoms with E-state index in [1.165, 1.54) is 17.2 Å². The molecule has 3 aromatic rings. The molecule has 1 aromatic carbocycles. The van der Waals surface area contributed by atoms with E-state index in [2.05, 4.69) is 15.4 Å². The van der Waals surface area contributed by atoms with E-state index in [-0.39, 0.29) is 17.6 Å². The second-order valence-electron chi connectivity index (χ2n) is 4.86. The molecule has 2 aromatic heterocycles. The van der Waals surface area contributed by atoms with Crippen LogP contribution in [-0.4, -0.2) is 25.2 Å². The van der Waals surface area contributed by atoms with Crippen LogP contribution in [0.1, 0.15) is 0 Å². The summed E-state index contributed by atoms with van der Waals surface area (Å²) in [6.45, 7) is -0.382. The molecule has 0 radical (unpaired) electrons. The quantitative estimate of drug-likeness (QED) is 0.782. The summed E-state index contributed by atoms with van der Waals surface area (Å²) in [5, 5.41) is 6.40. The number of anilines is 1. The van der Waals surface area contributed by atoms with E-state index >= 15 is 0 Å². The molecule has 1 N–H and O–H groups in total. The molecule has 0 saturated carbocycles. The third-order valence-electron chi connectivity index (χ3n) is 3.23. The molecule has 0 fully saturated rings. The fourth-order valence-electron chi connectivity index (χ4n) is 2.12. The van der Waals surface area contributed by atoms with Crippen LogP contribution >= 0.6 is 0 Å². The minimum Gasteiger partial charge on any atom is -0.322 e. The second kappa shape index (κ2) is 5.59. The number of hydrogen-bond acceptors (Lipinski definition) is 4. The summed E-state index contributed by atoms with van der Waals surface area (Å²) < 4.78 is 29.1. The number of carbonyl (C=O) groups excluding carboxylic acids is 1. The number of benzene rings is 1. The van der Waals surface area contributed by atoms with E-state index in [1.54, 1.807) is 7.05 Å². The average Bonchev–Trinajstić information content (AvgIpc) is 2.88. The number of hydrogen-bond donors (Lipinski definition) is 1. The van der Waals surface area contributed by atoms with Gasteiger partial charge in [0.1, 0.15) is 29.9 Å². The standard InChI is InChI=1S/C14H11F2N5O2/c1-20-13-9(5-18-20)14(23)21(7-17-13)6-12(22)19-11-4-8(15)2-3-10(11)16/h2-5,7H,6H2,1H3,(H,19,22). The molecule has 0 bridgehead atoms. The van der Waals surface area contributed by atoms with Crippen molar-refractivity contribution in [3.05, 3.63) is 52.7 Å². The van der Waals surface area contributed by atoms with Crippen molar-refractivity contribution in [1.82, 2.24) is 19.3 Å². The van der Waals surface area contributed by atoms with Crippen LogP contribution in [0.4, 0.5) is 14.5 Å². The zero-order valence-corrected chi connectivity index (χ0v) is 12.0. The normalized spacial score (nSPS) is 10.9. The molecular weight excluding hydrogens is 308 g/mol. The number of aryl methyl sites for hydroxylation is 1. The number of halogens is 2. The van der Waals surface area contributed by atoms with Crippen molar-refractivity contribution in [2.75, 3.05) is 5.32 Å². The molecule has 9 heteroatoms. The lowest BCUT2D eigenvalue weighted by molar-refractivity contribution is -0.116. The van der Waals surface area contributed by atoms with Crippen molar-refractivity contribution in [3.63, 3.8) is 0 Å². The highest BCUT2D eigenvalue weighted by molar-refractivity contribution is 5.90. The average molecular weight is 319 g/mol. The molecule has 0 aliphatic rings. The summed E-state index contributed by atoms with van der Waals surface area (Å²) in [6, 6.07) is 2.70. The van der Waals surface area contributed by atoms with Gasteiger partial charge in [0.25, 0.3) is 5.56 Å². The number of rotatable bonds is 3. The molecule has 2 heterocycles. The van der Waals surface area contributed by atoms with Crippen LogP contribution in [0.2, 0.25) is 0 Å². The Bertz CT molecular complexity index is 963. The molecular formula is C14H11F2N5O2. The van der Waals surface area contributed by atoms with Crippen LogP contribution in [0.3, 0.4) is 0 Å². The highest BCUT2D eigenvalue weighted by Crippen LogP contribution is 2.15. The topological polar surface area (TPSA) is 81.8 Å². The first-order valence-electron chi connectivity index (χ1n) is 6.58. The SMILES string of the molecule is Cn1ncc2c(=O)n(CC(=O)Nc3cc(F)ccc3F)cnc21. The molecule has 0 aliphatic heterocycles. The Morgan fingerprint density at radius 2 is 2.13 bits per heavy atom. The van der Waals surface area contributed by atoms with Gasteiger partial charge in [0.2, 0.25) is 5.91 Å². The van der Waals surface area contributed by atoms with Gasteiger partial charge in [-0.25, -0.2) is 13.8 Å². The van der Waals surface area contributed by atoms with Gasteiger partial charge in [-0.3, -0.25) is 18.8 Å². The van der Waals surface area contributed by atoms with Gasteiger partial charge in [0, 0.05) is 13.1 Å². The van der Waals surface area contributed by atoms with Crippen LogP contribution in [0.5, 0.6) is 0 Å². The Labute approximate surface area is 128 Å². The predicted octanol–water partition coefficient (Wildman–Crippen LogP) is 1.05. The number of fused-ring (bicyclic) bond motifs is 1. The molecule has 0 saturated heterocycles. The number of nitrogens with one attached hydrogen (secondary N) is 1. The molecule has 118 valence electrons. The summed E-state index contributed by atoms with van der Waals surface area (Å²) in [6.07, 6.45) is 2.55. The van der Waals surface area contributed by atoms with Gasteiger partial charge >= 0.3 is 0 Å². The third-order valence-corrected chi connectivity index (χ3v) is 3.23. The van der Waals surface area contributed by atoms with E-state index < -0.39 is 23.1 Å².